The summed E-state index contributed by atoms with van der Waals surface area (Å²) >= 11 is 0. The van der Waals surface area contributed by atoms with Gasteiger partial charge in [0, 0.05) is 6.20 Å². The lowest BCUT2D eigenvalue weighted by molar-refractivity contribution is -0.141. The van der Waals surface area contributed by atoms with E-state index in [9.17, 15) is 9.90 Å². The van der Waals surface area contributed by atoms with E-state index in [1.54, 1.807) is 20.0 Å². The van der Waals surface area contributed by atoms with Crippen LogP contribution < -0.4 is 0 Å². The minimum atomic E-state index is -1.41. The van der Waals surface area contributed by atoms with Crippen molar-refractivity contribution in [3.8, 4) is 0 Å². The van der Waals surface area contributed by atoms with Gasteiger partial charge in [0.05, 0.1) is 12.2 Å². The molecule has 1 aromatic heterocycles. The average Bonchev–Trinajstić information content (AvgIpc) is 2.75. The summed E-state index contributed by atoms with van der Waals surface area (Å²) < 4.78 is 5.58. The van der Waals surface area contributed by atoms with E-state index in [-0.39, 0.29) is 6.54 Å². The van der Waals surface area contributed by atoms with Crippen LogP contribution >= 0.6 is 0 Å². The molecule has 1 aliphatic rings. The molecule has 1 aromatic carbocycles. The first-order chi connectivity index (χ1) is 11.4. The normalized spacial score (nSPS) is 26.5. The summed E-state index contributed by atoms with van der Waals surface area (Å²) in [6.07, 6.45) is 2.41. The lowest BCUT2D eigenvalue weighted by atomic mass is 9.87. The molecule has 0 bridgehead atoms. The van der Waals surface area contributed by atoms with E-state index in [1.165, 1.54) is 4.90 Å². The van der Waals surface area contributed by atoms with Crippen molar-refractivity contribution < 1.29 is 14.6 Å². The van der Waals surface area contributed by atoms with Gasteiger partial charge in [-0.1, -0.05) is 36.4 Å². The fourth-order valence-corrected chi connectivity index (χ4v) is 3.00. The first kappa shape index (κ1) is 16.5. The molecule has 0 unspecified atom stereocenters. The van der Waals surface area contributed by atoms with Crippen molar-refractivity contribution in [3.63, 3.8) is 0 Å². The molecule has 1 fully saturated rings. The lowest BCUT2D eigenvalue weighted by Crippen LogP contribution is -2.54. The Balaban J connectivity index is 1.76. The van der Waals surface area contributed by atoms with Crippen molar-refractivity contribution in [3.05, 3.63) is 66.0 Å². The number of cyclic esters (lactones) is 1. The zero-order valence-corrected chi connectivity index (χ0v) is 14.0. The number of benzene rings is 1. The van der Waals surface area contributed by atoms with Crippen molar-refractivity contribution in [2.75, 3.05) is 0 Å². The number of aryl methyl sites for hydroxylation is 1. The molecular formula is C19H22N2O3. The molecule has 3 rings (SSSR count). The highest BCUT2D eigenvalue weighted by Crippen LogP contribution is 2.41. The SMILES string of the molecule is C[C@]1(CCc2ccccc2)OC(=O)N(Cc2ccccn2)[C@]1(C)O. The molecule has 1 aliphatic heterocycles. The van der Waals surface area contributed by atoms with Crippen molar-refractivity contribution in [1.82, 2.24) is 9.88 Å². The summed E-state index contributed by atoms with van der Waals surface area (Å²) in [7, 11) is 0. The largest absolute Gasteiger partial charge is 0.438 e. The number of amides is 1. The van der Waals surface area contributed by atoms with Crippen molar-refractivity contribution in [1.29, 1.82) is 0 Å². The number of hydrogen-bond acceptors (Lipinski definition) is 4. The summed E-state index contributed by atoms with van der Waals surface area (Å²) in [6.45, 7) is 3.63. The van der Waals surface area contributed by atoms with Crippen LogP contribution in [0.4, 0.5) is 4.79 Å². The van der Waals surface area contributed by atoms with Crippen LogP contribution in [0, 0.1) is 0 Å². The first-order valence-electron chi connectivity index (χ1n) is 8.09. The highest BCUT2D eigenvalue weighted by molar-refractivity contribution is 5.72. The molecule has 2 aromatic rings. The maximum atomic E-state index is 12.3. The topological polar surface area (TPSA) is 62.7 Å². The molecule has 1 saturated heterocycles. The summed E-state index contributed by atoms with van der Waals surface area (Å²) in [5, 5.41) is 11.0. The number of pyridine rings is 1. The minimum absolute atomic E-state index is 0.216. The quantitative estimate of drug-likeness (QED) is 0.917. The molecule has 126 valence electrons. The monoisotopic (exact) mass is 326 g/mol. The van der Waals surface area contributed by atoms with Crippen LogP contribution in [0.1, 0.15) is 31.5 Å². The molecule has 0 spiro atoms. The predicted octanol–water partition coefficient (Wildman–Crippen LogP) is 3.13. The van der Waals surface area contributed by atoms with Crippen molar-refractivity contribution in [2.45, 2.75) is 44.6 Å². The molecule has 0 aliphatic carbocycles. The molecule has 24 heavy (non-hydrogen) atoms. The van der Waals surface area contributed by atoms with Gasteiger partial charge in [0.15, 0.2) is 11.3 Å². The van der Waals surface area contributed by atoms with E-state index in [0.29, 0.717) is 12.1 Å². The van der Waals surface area contributed by atoms with Crippen LogP contribution in [0.3, 0.4) is 0 Å². The minimum Gasteiger partial charge on any atom is -0.438 e. The van der Waals surface area contributed by atoms with E-state index >= 15 is 0 Å². The Morgan fingerprint density at radius 3 is 2.50 bits per heavy atom. The average molecular weight is 326 g/mol. The number of carbonyl (C=O) groups excluding carboxylic acids is 1. The Morgan fingerprint density at radius 2 is 1.83 bits per heavy atom. The van der Waals surface area contributed by atoms with Gasteiger partial charge < -0.3 is 9.84 Å². The number of nitrogens with zero attached hydrogens (tertiary/aromatic N) is 2. The first-order valence-corrected chi connectivity index (χ1v) is 8.09. The molecular weight excluding hydrogens is 304 g/mol. The fourth-order valence-electron chi connectivity index (χ4n) is 3.00. The summed E-state index contributed by atoms with van der Waals surface area (Å²) in [5.41, 5.74) is -0.527. The predicted molar refractivity (Wildman–Crippen MR) is 90.1 cm³/mol. The van der Waals surface area contributed by atoms with Crippen molar-refractivity contribution >= 4 is 6.09 Å². The van der Waals surface area contributed by atoms with Gasteiger partial charge in [-0.05, 0) is 44.4 Å². The Bertz CT molecular complexity index is 700. The third-order valence-corrected chi connectivity index (χ3v) is 4.84. The summed E-state index contributed by atoms with van der Waals surface area (Å²) in [6, 6.07) is 15.5. The van der Waals surface area contributed by atoms with Gasteiger partial charge in [0.1, 0.15) is 0 Å². The van der Waals surface area contributed by atoms with Gasteiger partial charge in [0.2, 0.25) is 0 Å². The molecule has 0 saturated carbocycles. The zero-order chi connectivity index (χ0) is 17.2. The van der Waals surface area contributed by atoms with Crippen LogP contribution in [0.25, 0.3) is 0 Å². The Labute approximate surface area is 141 Å². The van der Waals surface area contributed by atoms with Crippen LogP contribution in [-0.2, 0) is 17.7 Å². The van der Waals surface area contributed by atoms with E-state index in [0.717, 1.165) is 12.0 Å². The second-order valence-corrected chi connectivity index (χ2v) is 6.51. The molecule has 1 amide bonds. The van der Waals surface area contributed by atoms with E-state index < -0.39 is 17.4 Å². The molecule has 5 heteroatoms. The molecule has 5 nitrogen and oxygen atoms in total. The Kier molecular flexibility index (Phi) is 4.28. The van der Waals surface area contributed by atoms with Gasteiger partial charge in [-0.2, -0.15) is 0 Å². The molecule has 2 atom stereocenters. The molecule has 1 N–H and O–H groups in total. The van der Waals surface area contributed by atoms with Gasteiger partial charge in [-0.15, -0.1) is 0 Å². The van der Waals surface area contributed by atoms with Crippen LogP contribution in [0.15, 0.2) is 54.7 Å². The van der Waals surface area contributed by atoms with Crippen LogP contribution in [-0.4, -0.2) is 32.4 Å². The van der Waals surface area contributed by atoms with Crippen LogP contribution in [0.5, 0.6) is 0 Å². The highest BCUT2D eigenvalue weighted by atomic mass is 16.6. The summed E-state index contributed by atoms with van der Waals surface area (Å²) in [5.74, 6) is 0. The second-order valence-electron chi connectivity index (χ2n) is 6.51. The standard InChI is InChI=1S/C19H22N2O3/c1-18(12-11-15-8-4-3-5-9-15)19(2,23)21(17(22)24-18)14-16-10-6-7-13-20-16/h3-10,13,23H,11-12,14H2,1-2H3/t18-,19-/m1/s1. The second kappa shape index (κ2) is 6.24. The number of ether oxygens (including phenoxy) is 1. The number of rotatable bonds is 5. The maximum absolute atomic E-state index is 12.3. The number of hydrogen-bond donors (Lipinski definition) is 1. The van der Waals surface area contributed by atoms with Gasteiger partial charge in [0.25, 0.3) is 0 Å². The third kappa shape index (κ3) is 2.99. The van der Waals surface area contributed by atoms with E-state index in [1.807, 2.05) is 48.5 Å². The highest BCUT2D eigenvalue weighted by Gasteiger charge is 2.58. The fraction of sp³-hybridized carbons (Fsp3) is 0.368. The number of carbonyl (C=O) groups is 1. The molecule has 0 radical (unpaired) electrons. The van der Waals surface area contributed by atoms with Gasteiger partial charge >= 0.3 is 6.09 Å². The number of aliphatic hydroxyl groups is 1. The summed E-state index contributed by atoms with van der Waals surface area (Å²) in [4.78, 5) is 17.9. The third-order valence-electron chi connectivity index (χ3n) is 4.84. The molecule has 2 heterocycles. The Hall–Kier alpha value is -2.40. The van der Waals surface area contributed by atoms with Crippen molar-refractivity contribution in [2.24, 2.45) is 0 Å². The van der Waals surface area contributed by atoms with Crippen LogP contribution in [0.2, 0.25) is 0 Å². The van der Waals surface area contributed by atoms with Gasteiger partial charge in [-0.3, -0.25) is 9.88 Å². The van der Waals surface area contributed by atoms with Gasteiger partial charge in [-0.25, -0.2) is 4.79 Å². The smallest absolute Gasteiger partial charge is 0.413 e. The maximum Gasteiger partial charge on any atom is 0.413 e. The number of aromatic nitrogens is 1. The zero-order valence-electron chi connectivity index (χ0n) is 14.0. The Morgan fingerprint density at radius 1 is 1.12 bits per heavy atom. The lowest BCUT2D eigenvalue weighted by Gasteiger charge is -2.37. The van der Waals surface area contributed by atoms with E-state index in [4.69, 9.17) is 4.74 Å². The van der Waals surface area contributed by atoms with E-state index in [2.05, 4.69) is 4.98 Å².